The summed E-state index contributed by atoms with van der Waals surface area (Å²) in [5, 5.41) is 21.3. The van der Waals surface area contributed by atoms with E-state index in [-0.39, 0.29) is 17.8 Å². The molecule has 0 fully saturated rings. The van der Waals surface area contributed by atoms with Gasteiger partial charge in [-0.05, 0) is 36.8 Å². The number of furan rings is 1. The normalized spacial score (nSPS) is 17.1. The van der Waals surface area contributed by atoms with Crippen LogP contribution in [0, 0.1) is 10.1 Å². The lowest BCUT2D eigenvalue weighted by molar-refractivity contribution is -0.384. The largest absolute Gasteiger partial charge is 0.503 e. The van der Waals surface area contributed by atoms with Crippen molar-refractivity contribution < 1.29 is 24.0 Å². The number of hydrogen-bond acceptors (Lipinski definition) is 6. The molecule has 1 aliphatic heterocycles. The molecule has 1 amide bonds. The molecule has 8 nitrogen and oxygen atoms in total. The van der Waals surface area contributed by atoms with Crippen molar-refractivity contribution in [3.8, 4) is 0 Å². The zero-order valence-corrected chi connectivity index (χ0v) is 14.4. The Morgan fingerprint density at radius 3 is 2.78 bits per heavy atom. The van der Waals surface area contributed by atoms with Crippen molar-refractivity contribution in [3.63, 3.8) is 0 Å². The van der Waals surface area contributed by atoms with Gasteiger partial charge < -0.3 is 14.4 Å². The standard InChI is InChI=1S/C19H16N2O6/c1-2-20-17(12-5-3-6-13(11-12)21(25)26)16(18(23)19(20)24)15(22)9-8-14-7-4-10-27-14/h3-11,17,23H,2H2,1H3/b9-8+. The van der Waals surface area contributed by atoms with E-state index in [1.165, 1.54) is 41.5 Å². The maximum Gasteiger partial charge on any atom is 0.290 e. The summed E-state index contributed by atoms with van der Waals surface area (Å²) in [6.45, 7) is 1.91. The van der Waals surface area contributed by atoms with Gasteiger partial charge in [-0.3, -0.25) is 19.7 Å². The van der Waals surface area contributed by atoms with Crippen LogP contribution in [0.4, 0.5) is 5.69 Å². The van der Waals surface area contributed by atoms with Crippen LogP contribution < -0.4 is 0 Å². The second-order valence-corrected chi connectivity index (χ2v) is 5.82. The summed E-state index contributed by atoms with van der Waals surface area (Å²) >= 11 is 0. The number of allylic oxidation sites excluding steroid dienone is 1. The molecular weight excluding hydrogens is 352 g/mol. The number of non-ortho nitro benzene ring substituents is 1. The SMILES string of the molecule is CCN1C(=O)C(O)=C(C(=O)/C=C/c2ccco2)C1c1cccc([N+](=O)[O-])c1. The molecule has 2 aromatic rings. The molecule has 0 radical (unpaired) electrons. The first-order valence-electron chi connectivity index (χ1n) is 8.18. The van der Waals surface area contributed by atoms with E-state index in [0.29, 0.717) is 11.3 Å². The van der Waals surface area contributed by atoms with Crippen LogP contribution in [0.15, 0.2) is 64.5 Å². The quantitative estimate of drug-likeness (QED) is 0.476. The van der Waals surface area contributed by atoms with E-state index in [1.807, 2.05) is 0 Å². The van der Waals surface area contributed by atoms with E-state index in [1.54, 1.807) is 25.1 Å². The summed E-state index contributed by atoms with van der Waals surface area (Å²) in [6.07, 6.45) is 4.07. The molecule has 0 bridgehead atoms. The van der Waals surface area contributed by atoms with Crippen LogP contribution in [-0.2, 0) is 9.59 Å². The average Bonchev–Trinajstić information content (AvgIpc) is 3.27. The Hall–Kier alpha value is -3.68. The van der Waals surface area contributed by atoms with Gasteiger partial charge in [0.15, 0.2) is 11.5 Å². The summed E-state index contributed by atoms with van der Waals surface area (Å²) in [5.74, 6) is -1.48. The highest BCUT2D eigenvalue weighted by molar-refractivity contribution is 6.14. The van der Waals surface area contributed by atoms with Gasteiger partial charge in [0.05, 0.1) is 22.8 Å². The lowest BCUT2D eigenvalue weighted by atomic mass is 9.95. The molecule has 0 spiro atoms. The number of ketones is 1. The monoisotopic (exact) mass is 368 g/mol. The maximum absolute atomic E-state index is 12.7. The fourth-order valence-electron chi connectivity index (χ4n) is 3.02. The minimum absolute atomic E-state index is 0.120. The Morgan fingerprint density at radius 1 is 1.37 bits per heavy atom. The molecule has 8 heteroatoms. The maximum atomic E-state index is 12.7. The fraction of sp³-hybridized carbons (Fsp3) is 0.158. The van der Waals surface area contributed by atoms with Crippen LogP contribution in [0.3, 0.4) is 0 Å². The third kappa shape index (κ3) is 3.37. The molecule has 0 saturated heterocycles. The number of amides is 1. The van der Waals surface area contributed by atoms with Crippen molar-refractivity contribution in [1.82, 2.24) is 4.90 Å². The van der Waals surface area contributed by atoms with Gasteiger partial charge in [-0.15, -0.1) is 0 Å². The van der Waals surface area contributed by atoms with E-state index in [0.717, 1.165) is 0 Å². The average molecular weight is 368 g/mol. The molecule has 27 heavy (non-hydrogen) atoms. The number of carbonyl (C=O) groups excluding carboxylic acids is 2. The fourth-order valence-corrected chi connectivity index (χ4v) is 3.02. The molecular formula is C19H16N2O6. The van der Waals surface area contributed by atoms with E-state index in [9.17, 15) is 24.8 Å². The molecule has 3 rings (SSSR count). The highest BCUT2D eigenvalue weighted by atomic mass is 16.6. The van der Waals surface area contributed by atoms with Crippen molar-refractivity contribution in [2.75, 3.05) is 6.54 Å². The number of nitrogens with zero attached hydrogens (tertiary/aromatic N) is 2. The van der Waals surface area contributed by atoms with Crippen molar-refractivity contribution in [3.05, 3.63) is 81.5 Å². The van der Waals surface area contributed by atoms with Gasteiger partial charge in [0.25, 0.3) is 11.6 Å². The van der Waals surface area contributed by atoms with Gasteiger partial charge in [0, 0.05) is 18.7 Å². The first-order valence-corrected chi connectivity index (χ1v) is 8.18. The number of likely N-dealkylation sites (N-methyl/N-ethyl adjacent to an activating group) is 1. The summed E-state index contributed by atoms with van der Waals surface area (Å²) in [4.78, 5) is 36.9. The van der Waals surface area contributed by atoms with Gasteiger partial charge >= 0.3 is 0 Å². The summed E-state index contributed by atoms with van der Waals surface area (Å²) in [7, 11) is 0. The van der Waals surface area contributed by atoms with Gasteiger partial charge in [-0.1, -0.05) is 12.1 Å². The van der Waals surface area contributed by atoms with Gasteiger partial charge in [0.1, 0.15) is 5.76 Å². The lowest BCUT2D eigenvalue weighted by Gasteiger charge is -2.25. The third-order valence-corrected chi connectivity index (χ3v) is 4.25. The predicted molar refractivity (Wildman–Crippen MR) is 95.6 cm³/mol. The van der Waals surface area contributed by atoms with Gasteiger partial charge in [0.2, 0.25) is 0 Å². The van der Waals surface area contributed by atoms with Crippen LogP contribution in [-0.4, -0.2) is 33.2 Å². The van der Waals surface area contributed by atoms with E-state index in [4.69, 9.17) is 4.42 Å². The van der Waals surface area contributed by atoms with E-state index >= 15 is 0 Å². The minimum atomic E-state index is -0.906. The van der Waals surface area contributed by atoms with Crippen LogP contribution in [0.25, 0.3) is 6.08 Å². The van der Waals surface area contributed by atoms with Crippen LogP contribution >= 0.6 is 0 Å². The van der Waals surface area contributed by atoms with Crippen molar-refractivity contribution in [2.45, 2.75) is 13.0 Å². The number of aliphatic hydroxyl groups is 1. The van der Waals surface area contributed by atoms with Crippen LogP contribution in [0.2, 0.25) is 0 Å². The predicted octanol–water partition coefficient (Wildman–Crippen LogP) is 3.19. The lowest BCUT2D eigenvalue weighted by Crippen LogP contribution is -2.30. The van der Waals surface area contributed by atoms with Crippen LogP contribution in [0.5, 0.6) is 0 Å². The summed E-state index contributed by atoms with van der Waals surface area (Å²) in [5.41, 5.74) is 0.0867. The highest BCUT2D eigenvalue weighted by Crippen LogP contribution is 2.38. The zero-order chi connectivity index (χ0) is 19.6. The van der Waals surface area contributed by atoms with Crippen molar-refractivity contribution in [2.24, 2.45) is 0 Å². The number of benzene rings is 1. The first-order chi connectivity index (χ1) is 12.9. The number of nitro benzene ring substituents is 1. The van der Waals surface area contributed by atoms with Gasteiger partial charge in [-0.25, -0.2) is 0 Å². The minimum Gasteiger partial charge on any atom is -0.503 e. The number of aliphatic hydroxyl groups excluding tert-OH is 1. The molecule has 2 heterocycles. The van der Waals surface area contributed by atoms with Gasteiger partial charge in [-0.2, -0.15) is 0 Å². The molecule has 1 atom stereocenters. The molecule has 1 aromatic heterocycles. The van der Waals surface area contributed by atoms with Crippen LogP contribution in [0.1, 0.15) is 24.3 Å². The third-order valence-electron chi connectivity index (χ3n) is 4.25. The number of carbonyl (C=O) groups is 2. The molecule has 0 aliphatic carbocycles. The second kappa shape index (κ2) is 7.28. The van der Waals surface area contributed by atoms with E-state index < -0.39 is 28.4 Å². The Morgan fingerprint density at radius 2 is 2.15 bits per heavy atom. The van der Waals surface area contributed by atoms with Crippen molar-refractivity contribution in [1.29, 1.82) is 0 Å². The second-order valence-electron chi connectivity index (χ2n) is 5.82. The Bertz CT molecular complexity index is 958. The molecule has 1 unspecified atom stereocenters. The number of hydrogen-bond donors (Lipinski definition) is 1. The Balaban J connectivity index is 2.03. The summed E-state index contributed by atoms with van der Waals surface area (Å²) in [6, 6.07) is 8.06. The highest BCUT2D eigenvalue weighted by Gasteiger charge is 2.42. The number of nitro groups is 1. The Labute approximate surface area is 154 Å². The molecule has 1 aromatic carbocycles. The zero-order valence-electron chi connectivity index (χ0n) is 14.4. The van der Waals surface area contributed by atoms with Crippen molar-refractivity contribution >= 4 is 23.5 Å². The first kappa shape index (κ1) is 18.1. The van der Waals surface area contributed by atoms with E-state index in [2.05, 4.69) is 0 Å². The molecule has 1 N–H and O–H groups in total. The molecule has 138 valence electrons. The number of rotatable bonds is 6. The molecule has 1 aliphatic rings. The topological polar surface area (TPSA) is 114 Å². The molecule has 0 saturated carbocycles. The smallest absolute Gasteiger partial charge is 0.290 e. The Kier molecular flexibility index (Phi) is 4.89. The summed E-state index contributed by atoms with van der Waals surface area (Å²) < 4.78 is 5.12.